The van der Waals surface area contributed by atoms with Gasteiger partial charge in [0.05, 0.1) is 10.5 Å². The summed E-state index contributed by atoms with van der Waals surface area (Å²) in [5.74, 6) is -0.386. The van der Waals surface area contributed by atoms with Crippen molar-refractivity contribution >= 4 is 21.6 Å². The molecule has 0 aromatic heterocycles. The highest BCUT2D eigenvalue weighted by atomic mass is 32.2. The van der Waals surface area contributed by atoms with Crippen LogP contribution in [0.25, 0.3) is 0 Å². The Bertz CT molecular complexity index is 930. The van der Waals surface area contributed by atoms with Crippen molar-refractivity contribution in [1.29, 1.82) is 0 Å². The molecule has 1 amide bonds. The fraction of sp³-hybridized carbons (Fsp3) is 0.278. The summed E-state index contributed by atoms with van der Waals surface area (Å²) < 4.78 is 65.3. The molecule has 2 aromatic rings. The van der Waals surface area contributed by atoms with Gasteiger partial charge in [0.15, 0.2) is 0 Å². The van der Waals surface area contributed by atoms with E-state index in [-0.39, 0.29) is 24.8 Å². The second-order valence-corrected chi connectivity index (χ2v) is 8.05. The normalized spacial score (nSPS) is 18.1. The van der Waals surface area contributed by atoms with Crippen LogP contribution in [0.1, 0.15) is 12.0 Å². The third-order valence-corrected chi connectivity index (χ3v) is 5.73. The summed E-state index contributed by atoms with van der Waals surface area (Å²) in [5.41, 5.74) is -0.303. The Morgan fingerprint density at radius 2 is 1.78 bits per heavy atom. The zero-order valence-corrected chi connectivity index (χ0v) is 14.9. The molecule has 0 aliphatic carbocycles. The van der Waals surface area contributed by atoms with Gasteiger partial charge < -0.3 is 4.90 Å². The van der Waals surface area contributed by atoms with Gasteiger partial charge in [0.25, 0.3) is 0 Å². The quantitative estimate of drug-likeness (QED) is 0.842. The largest absolute Gasteiger partial charge is 0.416 e. The fourth-order valence-corrected chi connectivity index (χ4v) is 4.09. The molecule has 3 rings (SSSR count). The van der Waals surface area contributed by atoms with E-state index in [2.05, 4.69) is 4.72 Å². The van der Waals surface area contributed by atoms with Crippen molar-refractivity contribution < 1.29 is 26.4 Å². The lowest BCUT2D eigenvalue weighted by Gasteiger charge is -2.17. The highest BCUT2D eigenvalue weighted by Gasteiger charge is 2.33. The number of sulfonamides is 1. The smallest absolute Gasteiger partial charge is 0.312 e. The lowest BCUT2D eigenvalue weighted by Crippen LogP contribution is -2.31. The molecular weight excluding hydrogens is 381 g/mol. The van der Waals surface area contributed by atoms with Crippen LogP contribution >= 0.6 is 0 Å². The molecule has 9 heteroatoms. The van der Waals surface area contributed by atoms with Crippen LogP contribution in [0, 0.1) is 5.92 Å². The van der Waals surface area contributed by atoms with Gasteiger partial charge in [-0.3, -0.25) is 4.79 Å². The molecule has 0 radical (unpaired) electrons. The van der Waals surface area contributed by atoms with Crippen LogP contribution in [0.4, 0.5) is 18.9 Å². The first-order valence-electron chi connectivity index (χ1n) is 8.19. The molecule has 0 saturated carbocycles. The Labute approximate surface area is 154 Å². The van der Waals surface area contributed by atoms with E-state index in [1.807, 2.05) is 6.07 Å². The predicted octanol–water partition coefficient (Wildman–Crippen LogP) is 3.04. The van der Waals surface area contributed by atoms with Crippen molar-refractivity contribution in [1.82, 2.24) is 4.72 Å². The number of alkyl halides is 3. The van der Waals surface area contributed by atoms with Crippen LogP contribution in [0.5, 0.6) is 0 Å². The monoisotopic (exact) mass is 398 g/mol. The molecule has 1 saturated heterocycles. The summed E-state index contributed by atoms with van der Waals surface area (Å²) >= 11 is 0. The number of para-hydroxylation sites is 1. The first-order valence-corrected chi connectivity index (χ1v) is 9.67. The van der Waals surface area contributed by atoms with Crippen LogP contribution in [0.3, 0.4) is 0 Å². The lowest BCUT2D eigenvalue weighted by atomic mass is 10.1. The van der Waals surface area contributed by atoms with Crippen LogP contribution in [0.2, 0.25) is 0 Å². The van der Waals surface area contributed by atoms with Crippen molar-refractivity contribution in [2.24, 2.45) is 5.92 Å². The molecule has 0 spiro atoms. The number of anilines is 1. The number of nitrogens with one attached hydrogen (secondary N) is 1. The van der Waals surface area contributed by atoms with Gasteiger partial charge in [-0.25, -0.2) is 13.1 Å². The molecular formula is C18H17F3N2O3S. The number of nitrogens with zero attached hydrogens (tertiary/aromatic N) is 1. The Hall–Kier alpha value is -2.39. The average molecular weight is 398 g/mol. The Morgan fingerprint density at radius 3 is 2.44 bits per heavy atom. The van der Waals surface area contributed by atoms with E-state index in [1.54, 1.807) is 29.2 Å². The van der Waals surface area contributed by atoms with Gasteiger partial charge in [0.1, 0.15) is 0 Å². The van der Waals surface area contributed by atoms with Gasteiger partial charge >= 0.3 is 6.18 Å². The minimum Gasteiger partial charge on any atom is -0.312 e. The number of hydrogen-bond donors (Lipinski definition) is 1. The minimum atomic E-state index is -4.63. The van der Waals surface area contributed by atoms with Crippen LogP contribution < -0.4 is 9.62 Å². The third kappa shape index (κ3) is 4.48. The minimum absolute atomic E-state index is 0.0341. The Morgan fingerprint density at radius 1 is 1.07 bits per heavy atom. The fourth-order valence-electron chi connectivity index (χ4n) is 2.93. The molecule has 1 heterocycles. The topological polar surface area (TPSA) is 66.5 Å². The zero-order valence-electron chi connectivity index (χ0n) is 14.1. The summed E-state index contributed by atoms with van der Waals surface area (Å²) in [6.45, 7) is 0.307. The first kappa shape index (κ1) is 19.4. The van der Waals surface area contributed by atoms with Gasteiger partial charge in [-0.05, 0) is 36.2 Å². The highest BCUT2D eigenvalue weighted by molar-refractivity contribution is 7.89. The molecule has 0 unspecified atom stereocenters. The van der Waals surface area contributed by atoms with Gasteiger partial charge in [-0.15, -0.1) is 0 Å². The molecule has 1 atom stereocenters. The molecule has 1 N–H and O–H groups in total. The second kappa shape index (κ2) is 7.32. The summed E-state index contributed by atoms with van der Waals surface area (Å²) in [7, 11) is -4.11. The van der Waals surface area contributed by atoms with Crippen LogP contribution in [-0.4, -0.2) is 27.4 Å². The Balaban J connectivity index is 1.67. The third-order valence-electron chi connectivity index (χ3n) is 4.31. The van der Waals surface area contributed by atoms with Gasteiger partial charge in [0, 0.05) is 25.2 Å². The maximum atomic E-state index is 12.8. The number of halogens is 3. The molecule has 27 heavy (non-hydrogen) atoms. The van der Waals surface area contributed by atoms with Gasteiger partial charge in [-0.1, -0.05) is 24.3 Å². The van der Waals surface area contributed by atoms with Crippen molar-refractivity contribution in [3.8, 4) is 0 Å². The molecule has 5 nitrogen and oxygen atoms in total. The molecule has 0 bridgehead atoms. The van der Waals surface area contributed by atoms with Crippen LogP contribution in [0.15, 0.2) is 59.5 Å². The van der Waals surface area contributed by atoms with E-state index >= 15 is 0 Å². The average Bonchev–Trinajstić information content (AvgIpc) is 3.01. The van der Waals surface area contributed by atoms with E-state index in [9.17, 15) is 26.4 Å². The zero-order chi connectivity index (χ0) is 19.7. The number of carbonyl (C=O) groups is 1. The SMILES string of the molecule is O=C1C[C@H](CNS(=O)(=O)c2cccc(C(F)(F)F)c2)CN1c1ccccc1. The van der Waals surface area contributed by atoms with Crippen molar-refractivity contribution in [3.63, 3.8) is 0 Å². The van der Waals surface area contributed by atoms with Gasteiger partial charge in [0.2, 0.25) is 15.9 Å². The van der Waals surface area contributed by atoms with Crippen molar-refractivity contribution in [2.45, 2.75) is 17.5 Å². The maximum absolute atomic E-state index is 12.8. The van der Waals surface area contributed by atoms with Gasteiger partial charge in [-0.2, -0.15) is 13.2 Å². The van der Waals surface area contributed by atoms with Crippen LogP contribution in [-0.2, 0) is 21.0 Å². The summed E-state index contributed by atoms with van der Waals surface area (Å²) in [6.07, 6.45) is -4.46. The summed E-state index contributed by atoms with van der Waals surface area (Å²) in [4.78, 5) is 13.3. The standard InChI is InChI=1S/C18H17F3N2O3S/c19-18(20,21)14-5-4-8-16(10-14)27(25,26)22-11-13-9-17(24)23(12-13)15-6-2-1-3-7-15/h1-8,10,13,22H,9,11-12H2/t13-/m1/s1. The van der Waals surface area contributed by atoms with Crippen molar-refractivity contribution in [3.05, 3.63) is 60.2 Å². The number of amides is 1. The number of benzene rings is 2. The predicted molar refractivity (Wildman–Crippen MR) is 93.5 cm³/mol. The number of rotatable bonds is 5. The molecule has 1 aliphatic rings. The number of carbonyl (C=O) groups excluding carboxylic acids is 1. The molecule has 144 valence electrons. The van der Waals surface area contributed by atoms with E-state index < -0.39 is 26.7 Å². The second-order valence-electron chi connectivity index (χ2n) is 6.29. The highest BCUT2D eigenvalue weighted by Crippen LogP contribution is 2.30. The first-order chi connectivity index (χ1) is 12.7. The van der Waals surface area contributed by atoms with E-state index in [0.717, 1.165) is 23.9 Å². The summed E-state index contributed by atoms with van der Waals surface area (Å²) in [6, 6.07) is 12.6. The Kier molecular flexibility index (Phi) is 5.25. The van der Waals surface area contributed by atoms with E-state index in [0.29, 0.717) is 12.6 Å². The molecule has 1 fully saturated rings. The van der Waals surface area contributed by atoms with E-state index in [4.69, 9.17) is 0 Å². The number of hydrogen-bond acceptors (Lipinski definition) is 3. The maximum Gasteiger partial charge on any atom is 0.416 e. The van der Waals surface area contributed by atoms with E-state index in [1.165, 1.54) is 0 Å². The molecule has 1 aliphatic heterocycles. The van der Waals surface area contributed by atoms with Crippen molar-refractivity contribution in [2.75, 3.05) is 18.0 Å². The molecule has 2 aromatic carbocycles. The lowest BCUT2D eigenvalue weighted by molar-refractivity contribution is -0.137. The summed E-state index contributed by atoms with van der Waals surface area (Å²) in [5, 5.41) is 0.